The van der Waals surface area contributed by atoms with Gasteiger partial charge < -0.3 is 0 Å². The van der Waals surface area contributed by atoms with E-state index in [-0.39, 0.29) is 86.3 Å². The van der Waals surface area contributed by atoms with Crippen molar-refractivity contribution in [2.75, 3.05) is 0 Å². The molecule has 0 saturated heterocycles. The number of hydrogen-bond acceptors (Lipinski definition) is 0. The molecule has 0 aliphatic rings. The van der Waals surface area contributed by atoms with Crippen molar-refractivity contribution in [3.05, 3.63) is 0 Å². The number of rotatable bonds is 0. The van der Waals surface area contributed by atoms with Crippen LogP contribution in [0.3, 0.4) is 0 Å². The third-order valence-corrected chi connectivity index (χ3v) is 0. The van der Waals surface area contributed by atoms with Crippen LogP contribution in [-0.2, 0) is 86.3 Å². The van der Waals surface area contributed by atoms with Crippen molar-refractivity contribution in [1.82, 2.24) is 0 Å². The van der Waals surface area contributed by atoms with E-state index in [4.69, 9.17) is 0 Å². The molecule has 0 aromatic heterocycles. The SMILES string of the molecule is [Cu].[Fe].[Y].[Zn]. The Hall–Kier alpha value is 2.77. The molecule has 0 atom stereocenters. The third kappa shape index (κ3) is 8.84. The molecule has 0 aromatic carbocycles. The van der Waals surface area contributed by atoms with E-state index in [1.807, 2.05) is 0 Å². The second kappa shape index (κ2) is 17.1. The average Bonchev–Trinajstić information content (AvgIpc) is 0. The van der Waals surface area contributed by atoms with Gasteiger partial charge in [0, 0.05) is 86.3 Å². The Kier molecular flexibility index (Phi) is 126. The summed E-state index contributed by atoms with van der Waals surface area (Å²) in [5.41, 5.74) is 0. The quantitative estimate of drug-likeness (QED) is 0.545. The summed E-state index contributed by atoms with van der Waals surface area (Å²) in [6, 6.07) is 0. The summed E-state index contributed by atoms with van der Waals surface area (Å²) in [6.07, 6.45) is 0. The van der Waals surface area contributed by atoms with Gasteiger partial charge in [0.1, 0.15) is 0 Å². The zero-order valence-corrected chi connectivity index (χ0v) is 9.79. The Morgan fingerprint density at radius 2 is 1.00 bits per heavy atom. The fraction of sp³-hybridized carbons (Fsp3) is 0. The average molecular weight is 274 g/mol. The molecule has 0 aliphatic carbocycles. The molecular formula is CuFeYZn. The van der Waals surface area contributed by atoms with E-state index in [0.717, 1.165) is 0 Å². The van der Waals surface area contributed by atoms with Gasteiger partial charge in [-0.15, -0.1) is 0 Å². The first-order valence-electron chi connectivity index (χ1n) is 0. The van der Waals surface area contributed by atoms with Gasteiger partial charge in [0.15, 0.2) is 0 Å². The first-order chi connectivity index (χ1) is 0. The molecule has 0 saturated carbocycles. The molecule has 2 radical (unpaired) electrons. The molecule has 4 heteroatoms. The van der Waals surface area contributed by atoms with E-state index in [0.29, 0.717) is 0 Å². The predicted octanol–water partition coefficient (Wildman–Crippen LogP) is -0.0100. The van der Waals surface area contributed by atoms with Crippen LogP contribution in [0.2, 0.25) is 0 Å². The molecule has 0 heterocycles. The van der Waals surface area contributed by atoms with Crippen molar-refractivity contribution < 1.29 is 86.3 Å². The smallest absolute Gasteiger partial charge is 0 e. The van der Waals surface area contributed by atoms with Crippen molar-refractivity contribution in [1.29, 1.82) is 0 Å². The summed E-state index contributed by atoms with van der Waals surface area (Å²) < 4.78 is 0. The van der Waals surface area contributed by atoms with Crippen molar-refractivity contribution in [3.8, 4) is 0 Å². The van der Waals surface area contributed by atoms with E-state index in [1.165, 1.54) is 0 Å². The molecule has 0 nitrogen and oxygen atoms in total. The Bertz CT molecular complexity index is 8.00. The van der Waals surface area contributed by atoms with E-state index >= 15 is 0 Å². The standard InChI is InChI=1S/Cu.Fe.Y.Zn. The molecular weight excluding hydrogens is 274 g/mol. The van der Waals surface area contributed by atoms with Gasteiger partial charge in [-0.2, -0.15) is 0 Å². The first-order valence-corrected chi connectivity index (χ1v) is 0. The first kappa shape index (κ1) is 29.4. The summed E-state index contributed by atoms with van der Waals surface area (Å²) in [6.45, 7) is 0. The van der Waals surface area contributed by atoms with Crippen molar-refractivity contribution >= 4 is 0 Å². The van der Waals surface area contributed by atoms with Crippen LogP contribution in [-0.4, -0.2) is 0 Å². The Morgan fingerprint density at radius 3 is 1.00 bits per heavy atom. The molecule has 0 unspecified atom stereocenters. The Morgan fingerprint density at radius 1 is 1.00 bits per heavy atom. The van der Waals surface area contributed by atoms with Crippen LogP contribution in [0.25, 0.3) is 0 Å². The zero-order valence-electron chi connectivity index (χ0n) is 1.94. The van der Waals surface area contributed by atoms with Gasteiger partial charge in [-0.05, 0) is 0 Å². The van der Waals surface area contributed by atoms with E-state index in [9.17, 15) is 0 Å². The van der Waals surface area contributed by atoms with Crippen molar-refractivity contribution in [3.63, 3.8) is 0 Å². The molecule has 4 heavy (non-hydrogen) atoms. The largest absolute Gasteiger partial charge is 0 e. The summed E-state index contributed by atoms with van der Waals surface area (Å²) in [5, 5.41) is 0. The van der Waals surface area contributed by atoms with Gasteiger partial charge >= 0.3 is 0 Å². The maximum absolute atomic E-state index is 0. The van der Waals surface area contributed by atoms with Gasteiger partial charge in [-0.1, -0.05) is 0 Å². The summed E-state index contributed by atoms with van der Waals surface area (Å²) in [4.78, 5) is 0. The second-order valence-corrected chi connectivity index (χ2v) is 0. The second-order valence-electron chi connectivity index (χ2n) is 0. The van der Waals surface area contributed by atoms with Gasteiger partial charge in [-0.3, -0.25) is 0 Å². The van der Waals surface area contributed by atoms with Crippen LogP contribution in [0.4, 0.5) is 0 Å². The molecule has 0 fully saturated rings. The predicted molar refractivity (Wildman–Crippen MR) is 0 cm³/mol. The van der Waals surface area contributed by atoms with Gasteiger partial charge in [0.25, 0.3) is 0 Å². The molecule has 0 spiro atoms. The molecule has 0 rings (SSSR count). The van der Waals surface area contributed by atoms with E-state index in [2.05, 4.69) is 0 Å². The van der Waals surface area contributed by atoms with Crippen molar-refractivity contribution in [2.24, 2.45) is 0 Å². The van der Waals surface area contributed by atoms with Gasteiger partial charge in [0.05, 0.1) is 0 Å². The fourth-order valence-corrected chi connectivity index (χ4v) is 0. The number of hydrogen-bond donors (Lipinski definition) is 0. The van der Waals surface area contributed by atoms with Crippen molar-refractivity contribution in [2.45, 2.75) is 0 Å². The molecule has 0 amide bonds. The summed E-state index contributed by atoms with van der Waals surface area (Å²) in [7, 11) is 0. The molecule has 0 N–H and O–H groups in total. The topological polar surface area (TPSA) is 0 Å². The molecule has 24 valence electrons. The van der Waals surface area contributed by atoms with Crippen LogP contribution in [0.5, 0.6) is 0 Å². The maximum Gasteiger partial charge on any atom is 0 e. The Labute approximate surface area is 84.8 Å². The fourth-order valence-electron chi connectivity index (χ4n) is 0. The van der Waals surface area contributed by atoms with E-state index in [1.54, 1.807) is 0 Å². The minimum absolute atomic E-state index is 0. The molecule has 0 aliphatic heterocycles. The monoisotopic (exact) mass is 272 g/mol. The molecule has 0 aromatic rings. The Balaban J connectivity index is 0. The maximum atomic E-state index is 0. The van der Waals surface area contributed by atoms with Crippen LogP contribution in [0.1, 0.15) is 0 Å². The zero-order chi connectivity index (χ0) is 0. The van der Waals surface area contributed by atoms with Crippen LogP contribution in [0, 0.1) is 0 Å². The minimum atomic E-state index is 0. The van der Waals surface area contributed by atoms with Crippen LogP contribution >= 0.6 is 0 Å². The summed E-state index contributed by atoms with van der Waals surface area (Å²) >= 11 is 0. The van der Waals surface area contributed by atoms with Crippen LogP contribution < -0.4 is 0 Å². The molecule has 0 bridgehead atoms. The van der Waals surface area contributed by atoms with E-state index < -0.39 is 0 Å². The minimum Gasteiger partial charge on any atom is 0 e. The summed E-state index contributed by atoms with van der Waals surface area (Å²) in [5.74, 6) is 0. The van der Waals surface area contributed by atoms with Gasteiger partial charge in [-0.25, -0.2) is 0 Å². The van der Waals surface area contributed by atoms with Crippen LogP contribution in [0.15, 0.2) is 0 Å². The third-order valence-electron chi connectivity index (χ3n) is 0. The normalized spacial score (nSPS) is 0. The van der Waals surface area contributed by atoms with Gasteiger partial charge in [0.2, 0.25) is 0 Å².